The van der Waals surface area contributed by atoms with Gasteiger partial charge in [-0.1, -0.05) is 18.2 Å². The molecular formula is C9H11FO. The highest BCUT2D eigenvalue weighted by atomic mass is 19.1. The molecule has 1 rings (SSSR count). The molecule has 1 aromatic carbocycles. The van der Waals surface area contributed by atoms with Crippen LogP contribution >= 0.6 is 0 Å². The van der Waals surface area contributed by atoms with E-state index in [0.717, 1.165) is 5.56 Å². The van der Waals surface area contributed by atoms with Gasteiger partial charge in [0.1, 0.15) is 5.75 Å². The van der Waals surface area contributed by atoms with Gasteiger partial charge in [-0.15, -0.1) is 0 Å². The molecule has 0 aromatic heterocycles. The number of rotatable bonds is 2. The predicted octanol–water partition coefficient (Wildman–Crippen LogP) is 2.69. The number of para-hydroxylation sites is 1. The van der Waals surface area contributed by atoms with Crippen molar-refractivity contribution in [1.82, 2.24) is 0 Å². The number of ether oxygens (including phenoxy) is 1. The Balaban J connectivity index is 2.78. The second-order valence-corrected chi connectivity index (χ2v) is 2.43. The smallest absolute Gasteiger partial charge is 0.235 e. The summed E-state index contributed by atoms with van der Waals surface area (Å²) < 4.78 is 17.2. The van der Waals surface area contributed by atoms with Crippen LogP contribution in [0.1, 0.15) is 12.5 Å². The van der Waals surface area contributed by atoms with Crippen molar-refractivity contribution in [2.75, 3.05) is 0 Å². The van der Waals surface area contributed by atoms with Gasteiger partial charge in [-0.2, -0.15) is 0 Å². The molecule has 0 saturated heterocycles. The zero-order chi connectivity index (χ0) is 8.27. The van der Waals surface area contributed by atoms with Gasteiger partial charge in [0.15, 0.2) is 0 Å². The lowest BCUT2D eigenvalue weighted by atomic mass is 10.2. The maximum absolute atomic E-state index is 12.3. The van der Waals surface area contributed by atoms with Crippen molar-refractivity contribution in [3.8, 4) is 5.75 Å². The van der Waals surface area contributed by atoms with Gasteiger partial charge in [-0.25, -0.2) is 4.39 Å². The zero-order valence-corrected chi connectivity index (χ0v) is 6.67. The van der Waals surface area contributed by atoms with E-state index < -0.39 is 6.36 Å². The maximum Gasteiger partial charge on any atom is 0.235 e. The largest absolute Gasteiger partial charge is 0.460 e. The van der Waals surface area contributed by atoms with Gasteiger partial charge in [0.05, 0.1) is 0 Å². The minimum absolute atomic E-state index is 0.613. The molecule has 0 saturated carbocycles. The van der Waals surface area contributed by atoms with Gasteiger partial charge in [-0.05, 0) is 18.6 Å². The predicted molar refractivity (Wildman–Crippen MR) is 42.4 cm³/mol. The van der Waals surface area contributed by atoms with Crippen LogP contribution in [-0.2, 0) is 0 Å². The number of halogens is 1. The van der Waals surface area contributed by atoms with Gasteiger partial charge in [0.25, 0.3) is 0 Å². The zero-order valence-electron chi connectivity index (χ0n) is 6.67. The van der Waals surface area contributed by atoms with E-state index in [4.69, 9.17) is 4.74 Å². The first-order valence-electron chi connectivity index (χ1n) is 3.56. The van der Waals surface area contributed by atoms with Crippen molar-refractivity contribution < 1.29 is 9.13 Å². The van der Waals surface area contributed by atoms with Crippen LogP contribution in [-0.4, -0.2) is 6.36 Å². The van der Waals surface area contributed by atoms with Crippen LogP contribution in [0, 0.1) is 6.92 Å². The molecule has 60 valence electrons. The molecule has 0 heterocycles. The third kappa shape index (κ3) is 2.22. The number of aryl methyl sites for hydroxylation is 1. The molecule has 1 atom stereocenters. The van der Waals surface area contributed by atoms with Crippen molar-refractivity contribution in [2.24, 2.45) is 0 Å². The molecule has 0 radical (unpaired) electrons. The quantitative estimate of drug-likeness (QED) is 0.636. The van der Waals surface area contributed by atoms with E-state index in [1.807, 2.05) is 25.1 Å². The molecule has 0 amide bonds. The minimum Gasteiger partial charge on any atom is -0.460 e. The van der Waals surface area contributed by atoms with Crippen molar-refractivity contribution in [1.29, 1.82) is 0 Å². The molecule has 0 fully saturated rings. The van der Waals surface area contributed by atoms with E-state index in [9.17, 15) is 4.39 Å². The van der Waals surface area contributed by atoms with E-state index in [1.165, 1.54) is 6.92 Å². The molecule has 2 heteroatoms. The molecule has 0 aliphatic carbocycles. The third-order valence-corrected chi connectivity index (χ3v) is 1.38. The second-order valence-electron chi connectivity index (χ2n) is 2.43. The number of hydrogen-bond donors (Lipinski definition) is 0. The number of alkyl halides is 1. The van der Waals surface area contributed by atoms with E-state index in [2.05, 4.69) is 0 Å². The van der Waals surface area contributed by atoms with E-state index in [-0.39, 0.29) is 0 Å². The van der Waals surface area contributed by atoms with Crippen LogP contribution < -0.4 is 4.74 Å². The standard InChI is InChI=1S/C9H11FO/c1-7-5-3-4-6-9(7)11-8(2)10/h3-6,8H,1-2H3. The highest BCUT2D eigenvalue weighted by Crippen LogP contribution is 2.17. The molecule has 0 aliphatic heterocycles. The summed E-state index contributed by atoms with van der Waals surface area (Å²) in [5, 5.41) is 0. The monoisotopic (exact) mass is 154 g/mol. The Morgan fingerprint density at radius 2 is 2.00 bits per heavy atom. The lowest BCUT2D eigenvalue weighted by Crippen LogP contribution is -2.04. The fourth-order valence-corrected chi connectivity index (χ4v) is 0.864. The lowest BCUT2D eigenvalue weighted by molar-refractivity contribution is 0.0853. The molecule has 0 spiro atoms. The summed E-state index contributed by atoms with van der Waals surface area (Å²) in [7, 11) is 0. The molecule has 11 heavy (non-hydrogen) atoms. The first kappa shape index (κ1) is 8.05. The Hall–Kier alpha value is -1.05. The average Bonchev–Trinajstić information content (AvgIpc) is 1.93. The Morgan fingerprint density at radius 1 is 1.36 bits per heavy atom. The van der Waals surface area contributed by atoms with Crippen LogP contribution in [0.15, 0.2) is 24.3 Å². The number of benzene rings is 1. The Morgan fingerprint density at radius 3 is 2.55 bits per heavy atom. The molecule has 0 aliphatic rings. The summed E-state index contributed by atoms with van der Waals surface area (Å²) in [5.74, 6) is 0.613. The average molecular weight is 154 g/mol. The van der Waals surface area contributed by atoms with Crippen molar-refractivity contribution >= 4 is 0 Å². The van der Waals surface area contributed by atoms with E-state index in [0.29, 0.717) is 5.75 Å². The summed E-state index contributed by atoms with van der Waals surface area (Å²) in [5.41, 5.74) is 0.956. The molecule has 1 nitrogen and oxygen atoms in total. The SMILES string of the molecule is Cc1ccccc1OC(C)F. The normalized spacial score (nSPS) is 12.6. The summed E-state index contributed by atoms with van der Waals surface area (Å²) >= 11 is 0. The van der Waals surface area contributed by atoms with Gasteiger partial charge in [0, 0.05) is 6.92 Å². The maximum atomic E-state index is 12.3. The highest BCUT2D eigenvalue weighted by Gasteiger charge is 2.01. The van der Waals surface area contributed by atoms with Gasteiger partial charge in [0.2, 0.25) is 6.36 Å². The minimum atomic E-state index is -1.24. The van der Waals surface area contributed by atoms with Crippen LogP contribution in [0.25, 0.3) is 0 Å². The second kappa shape index (κ2) is 3.37. The molecule has 1 unspecified atom stereocenters. The van der Waals surface area contributed by atoms with Crippen LogP contribution in [0.3, 0.4) is 0 Å². The first-order chi connectivity index (χ1) is 5.20. The molecule has 1 aromatic rings. The van der Waals surface area contributed by atoms with Gasteiger partial charge >= 0.3 is 0 Å². The van der Waals surface area contributed by atoms with E-state index in [1.54, 1.807) is 6.07 Å². The topological polar surface area (TPSA) is 9.23 Å². The molecule has 0 N–H and O–H groups in total. The molecule has 0 bridgehead atoms. The Bertz CT molecular complexity index is 233. The van der Waals surface area contributed by atoms with E-state index >= 15 is 0 Å². The Kier molecular flexibility index (Phi) is 2.47. The molecular weight excluding hydrogens is 143 g/mol. The van der Waals surface area contributed by atoms with Crippen LogP contribution in [0.2, 0.25) is 0 Å². The fourth-order valence-electron chi connectivity index (χ4n) is 0.864. The number of hydrogen-bond acceptors (Lipinski definition) is 1. The summed E-state index contributed by atoms with van der Waals surface area (Å²) in [4.78, 5) is 0. The fraction of sp³-hybridized carbons (Fsp3) is 0.333. The van der Waals surface area contributed by atoms with Crippen molar-refractivity contribution in [2.45, 2.75) is 20.2 Å². The first-order valence-corrected chi connectivity index (χ1v) is 3.56. The summed E-state index contributed by atoms with van der Waals surface area (Å²) in [6, 6.07) is 7.36. The van der Waals surface area contributed by atoms with Crippen molar-refractivity contribution in [3.63, 3.8) is 0 Å². The summed E-state index contributed by atoms with van der Waals surface area (Å²) in [6.45, 7) is 3.25. The summed E-state index contributed by atoms with van der Waals surface area (Å²) in [6.07, 6.45) is -1.24. The van der Waals surface area contributed by atoms with Crippen LogP contribution in [0.5, 0.6) is 5.75 Å². The van der Waals surface area contributed by atoms with Gasteiger partial charge < -0.3 is 4.74 Å². The third-order valence-electron chi connectivity index (χ3n) is 1.38. The van der Waals surface area contributed by atoms with Gasteiger partial charge in [-0.3, -0.25) is 0 Å². The Labute approximate surface area is 65.8 Å². The van der Waals surface area contributed by atoms with Crippen molar-refractivity contribution in [3.05, 3.63) is 29.8 Å². The lowest BCUT2D eigenvalue weighted by Gasteiger charge is -2.08. The highest BCUT2D eigenvalue weighted by molar-refractivity contribution is 5.31. The van der Waals surface area contributed by atoms with Crippen LogP contribution in [0.4, 0.5) is 4.39 Å².